The van der Waals surface area contributed by atoms with Gasteiger partial charge in [-0.3, -0.25) is 9.48 Å². The zero-order valence-electron chi connectivity index (χ0n) is 28.3. The molecule has 0 aliphatic heterocycles. The number of hydrogen-bond acceptors (Lipinski definition) is 7. The number of aromatic nitrogens is 5. The van der Waals surface area contributed by atoms with E-state index >= 15 is 8.78 Å². The zero-order chi connectivity index (χ0) is 38.3. The normalized spacial score (nSPS) is 18.2. The number of primary amides is 1. The Morgan fingerprint density at radius 3 is 2.40 bits per heavy atom. The van der Waals surface area contributed by atoms with Gasteiger partial charge >= 0.3 is 0 Å². The first-order valence-electron chi connectivity index (χ1n) is 16.4. The van der Waals surface area contributed by atoms with Crippen LogP contribution in [0, 0.1) is 40.7 Å². The quantitative estimate of drug-likeness (QED) is 0.133. The van der Waals surface area contributed by atoms with Crippen molar-refractivity contribution in [1.29, 1.82) is 5.26 Å². The molecule has 5 aromatic rings. The molecule has 2 aliphatic carbocycles. The number of alkyl halides is 4. The average molecular weight is 733 g/mol. The third-order valence-corrected chi connectivity index (χ3v) is 9.64. The fourth-order valence-corrected chi connectivity index (χ4v) is 7.48. The summed E-state index contributed by atoms with van der Waals surface area (Å²) >= 11 is 0. The van der Waals surface area contributed by atoms with Crippen molar-refractivity contribution in [2.75, 3.05) is 5.73 Å². The van der Waals surface area contributed by atoms with E-state index in [0.29, 0.717) is 21.8 Å². The predicted molar refractivity (Wildman–Crippen MR) is 179 cm³/mol. The minimum atomic E-state index is -3.66. The molecule has 3 aromatic heterocycles. The van der Waals surface area contributed by atoms with Gasteiger partial charge in [-0.1, -0.05) is 12.0 Å². The van der Waals surface area contributed by atoms with Gasteiger partial charge in [0.1, 0.15) is 40.4 Å². The van der Waals surface area contributed by atoms with Crippen molar-refractivity contribution in [2.24, 2.45) is 18.7 Å². The summed E-state index contributed by atoms with van der Waals surface area (Å²) in [6.45, 7) is 2.84. The first kappa shape index (κ1) is 35.5. The number of carbonyl (C=O) groups is 1. The minimum absolute atomic E-state index is 0.0114. The van der Waals surface area contributed by atoms with Gasteiger partial charge in [0.2, 0.25) is 5.91 Å². The highest BCUT2D eigenvalue weighted by Gasteiger charge is 2.67. The molecule has 3 heterocycles. The average Bonchev–Trinajstić information content (AvgIpc) is 3.61. The Morgan fingerprint density at radius 1 is 1.09 bits per heavy atom. The second-order valence-corrected chi connectivity index (χ2v) is 13.8. The summed E-state index contributed by atoms with van der Waals surface area (Å²) in [5.74, 6) is -5.24. The van der Waals surface area contributed by atoms with E-state index in [-0.39, 0.29) is 51.3 Å². The lowest BCUT2D eigenvalue weighted by Crippen LogP contribution is -2.37. The Balaban J connectivity index is 1.56. The Labute approximate surface area is 298 Å². The van der Waals surface area contributed by atoms with Crippen LogP contribution in [0.2, 0.25) is 0 Å². The Morgan fingerprint density at radius 2 is 1.77 bits per heavy atom. The third-order valence-electron chi connectivity index (χ3n) is 9.64. The lowest BCUT2D eigenvalue weighted by molar-refractivity contribution is -0.122. The molecule has 10 nitrogen and oxygen atoms in total. The molecule has 0 radical (unpaired) electrons. The molecule has 1 fully saturated rings. The van der Waals surface area contributed by atoms with Crippen molar-refractivity contribution in [3.8, 4) is 29.0 Å². The summed E-state index contributed by atoms with van der Waals surface area (Å²) in [6, 6.07) is 8.65. The fourth-order valence-electron chi connectivity index (χ4n) is 7.48. The van der Waals surface area contributed by atoms with Crippen LogP contribution in [0.15, 0.2) is 42.5 Å². The summed E-state index contributed by atoms with van der Waals surface area (Å²) < 4.78 is 92.1. The van der Waals surface area contributed by atoms with E-state index in [1.54, 1.807) is 13.1 Å². The van der Waals surface area contributed by atoms with Crippen LogP contribution in [0.4, 0.5) is 32.2 Å². The van der Waals surface area contributed by atoms with Gasteiger partial charge in [0, 0.05) is 41.6 Å². The van der Waals surface area contributed by atoms with Gasteiger partial charge in [0.25, 0.3) is 12.3 Å². The molecule has 0 saturated heterocycles. The molecule has 1 amide bonds. The van der Waals surface area contributed by atoms with Crippen molar-refractivity contribution < 1.29 is 36.2 Å². The van der Waals surface area contributed by atoms with E-state index in [4.69, 9.17) is 16.5 Å². The van der Waals surface area contributed by atoms with Crippen molar-refractivity contribution in [3.63, 3.8) is 0 Å². The lowest BCUT2D eigenvalue weighted by atomic mass is 9.83. The van der Waals surface area contributed by atoms with Gasteiger partial charge < -0.3 is 16.6 Å². The summed E-state index contributed by atoms with van der Waals surface area (Å²) in [7, 11) is 1.56. The van der Waals surface area contributed by atoms with E-state index in [2.05, 4.69) is 28.1 Å². The Kier molecular flexibility index (Phi) is 8.30. The highest BCUT2D eigenvalue weighted by Crippen LogP contribution is 2.68. The lowest BCUT2D eigenvalue weighted by Gasteiger charge is -2.29. The number of aryl methyl sites for hydroxylation is 1. The molecule has 16 heteroatoms. The Hall–Kier alpha value is -5.87. The maximum atomic E-state index is 16.0. The van der Waals surface area contributed by atoms with Crippen molar-refractivity contribution >= 4 is 22.6 Å². The van der Waals surface area contributed by atoms with Gasteiger partial charge in [0.15, 0.2) is 5.82 Å². The fraction of sp³-hybridized carbons (Fsp3) is 0.324. The largest absolute Gasteiger partial charge is 0.382 e. The van der Waals surface area contributed by atoms with Crippen molar-refractivity contribution in [3.05, 3.63) is 93.6 Å². The van der Waals surface area contributed by atoms with Crippen LogP contribution in [0.3, 0.4) is 0 Å². The van der Waals surface area contributed by atoms with Crippen molar-refractivity contribution in [2.45, 2.75) is 62.5 Å². The molecule has 1 unspecified atom stereocenters. The number of nitrogens with two attached hydrogens (primary N) is 2. The number of carbonyl (C=O) groups excluding carboxylic acids is 1. The second kappa shape index (κ2) is 12.4. The number of fused-ring (bicyclic) bond motifs is 4. The molecule has 5 N–H and O–H groups in total. The van der Waals surface area contributed by atoms with E-state index in [1.165, 1.54) is 36.7 Å². The summed E-state index contributed by atoms with van der Waals surface area (Å²) in [4.78, 5) is 18.4. The molecule has 4 atom stereocenters. The Bertz CT molecular complexity index is 2430. The maximum absolute atomic E-state index is 16.0. The van der Waals surface area contributed by atoms with E-state index in [0.717, 1.165) is 12.1 Å². The van der Waals surface area contributed by atoms with Gasteiger partial charge in [-0.05, 0) is 74.4 Å². The van der Waals surface area contributed by atoms with E-state index in [1.807, 2.05) is 0 Å². The number of halogens is 6. The molecule has 272 valence electrons. The molecule has 2 aromatic carbocycles. The van der Waals surface area contributed by atoms with Gasteiger partial charge in [0.05, 0.1) is 28.2 Å². The molecular formula is C37H30F6N8O2. The monoisotopic (exact) mass is 732 g/mol. The van der Waals surface area contributed by atoms with Crippen LogP contribution in [0.5, 0.6) is 0 Å². The zero-order valence-corrected chi connectivity index (χ0v) is 28.3. The molecule has 2 aliphatic rings. The number of amides is 1. The standard InChI is InChI=1S/C37H30F6N8O2/c1-36(2,53)9-8-20-5-7-21(22-6-4-17(15-44)26-30(22)50(3)49-34(26)45)28(47-20)24(12-16-10-18(38)13-19(39)11-16)31(35(46)52)51-32-27(29(48-51)33(40)41)23-14-25(23)37(32,42)43/h4-7,10-11,13,23-25,31,33,53H,12,14H2,1-3H3,(H2,45,49)(H2,46,52)/t23-,24+,25+,31?/m0/s1. The number of nitriles is 1. The molecule has 53 heavy (non-hydrogen) atoms. The van der Waals surface area contributed by atoms with Crippen LogP contribution in [-0.4, -0.2) is 41.2 Å². The number of pyridine rings is 1. The van der Waals surface area contributed by atoms with Gasteiger partial charge in [-0.2, -0.15) is 24.2 Å². The number of nitrogens with zero attached hydrogens (tertiary/aromatic N) is 6. The van der Waals surface area contributed by atoms with E-state index in [9.17, 15) is 32.7 Å². The summed E-state index contributed by atoms with van der Waals surface area (Å²) in [6.07, 6.45) is -3.82. The summed E-state index contributed by atoms with van der Waals surface area (Å²) in [5.41, 5.74) is 9.48. The predicted octanol–water partition coefficient (Wildman–Crippen LogP) is 5.89. The first-order valence-corrected chi connectivity index (χ1v) is 16.4. The maximum Gasteiger partial charge on any atom is 0.293 e. The second-order valence-electron chi connectivity index (χ2n) is 13.8. The number of benzene rings is 2. The highest BCUT2D eigenvalue weighted by atomic mass is 19.3. The number of aliphatic hydroxyl groups is 1. The topological polar surface area (TPSA) is 162 Å². The molecule has 1 saturated carbocycles. The number of hydrogen-bond donors (Lipinski definition) is 3. The van der Waals surface area contributed by atoms with Crippen LogP contribution in [-0.2, 0) is 24.2 Å². The van der Waals surface area contributed by atoms with Crippen LogP contribution in [0.1, 0.15) is 84.0 Å². The third kappa shape index (κ3) is 6.02. The smallest absolute Gasteiger partial charge is 0.293 e. The SMILES string of the molecule is Cn1nc(N)c2c(C#N)ccc(-c3ccc(C#CC(C)(C)O)nc3[C@@H](Cc3cc(F)cc(F)c3)C(C(N)=O)n3nc(C(F)F)c4c3C(F)(F)[C@@H]3C[C@H]43)c21. The number of rotatable bonds is 8. The van der Waals surface area contributed by atoms with Crippen LogP contribution in [0.25, 0.3) is 22.0 Å². The summed E-state index contributed by atoms with van der Waals surface area (Å²) in [5, 5.41) is 28.6. The highest BCUT2D eigenvalue weighted by molar-refractivity contribution is 6.03. The van der Waals surface area contributed by atoms with Gasteiger partial charge in [-0.25, -0.2) is 27.2 Å². The first-order chi connectivity index (χ1) is 24.9. The number of nitrogen functional groups attached to an aromatic ring is 1. The number of anilines is 1. The van der Waals surface area contributed by atoms with Gasteiger partial charge in [-0.15, -0.1) is 0 Å². The molecular weight excluding hydrogens is 702 g/mol. The van der Waals surface area contributed by atoms with Crippen LogP contribution < -0.4 is 11.5 Å². The van der Waals surface area contributed by atoms with E-state index < -0.39 is 77.1 Å². The molecule has 0 spiro atoms. The molecule has 0 bridgehead atoms. The minimum Gasteiger partial charge on any atom is -0.382 e. The van der Waals surface area contributed by atoms with Crippen molar-refractivity contribution in [1.82, 2.24) is 24.5 Å². The molecule has 7 rings (SSSR count). The van der Waals surface area contributed by atoms with Crippen LogP contribution >= 0.6 is 0 Å².